The molecule has 0 aliphatic heterocycles. The monoisotopic (exact) mass is 492 g/mol. The van der Waals surface area contributed by atoms with Crippen molar-refractivity contribution in [2.24, 2.45) is 0 Å². The number of nitrogens with zero attached hydrogens (tertiary/aromatic N) is 3. The van der Waals surface area contributed by atoms with Gasteiger partial charge in [0.1, 0.15) is 18.3 Å². The maximum Gasteiger partial charge on any atom is 0.271 e. The quantitative estimate of drug-likeness (QED) is 0.394. The maximum absolute atomic E-state index is 13.4. The van der Waals surface area contributed by atoms with Crippen LogP contribution in [0.4, 0.5) is 11.4 Å². The highest BCUT2D eigenvalue weighted by molar-refractivity contribution is 7.92. The molecule has 2 aromatic carbocycles. The number of benzene rings is 2. The van der Waals surface area contributed by atoms with E-state index >= 15 is 0 Å². The van der Waals surface area contributed by atoms with Crippen LogP contribution in [0.15, 0.2) is 42.5 Å². The summed E-state index contributed by atoms with van der Waals surface area (Å²) < 4.78 is 31.3. The first-order valence-electron chi connectivity index (χ1n) is 10.3. The summed E-state index contributed by atoms with van der Waals surface area (Å²) in [5.41, 5.74) is 0.802. The van der Waals surface area contributed by atoms with E-state index in [1.165, 1.54) is 38.1 Å². The van der Waals surface area contributed by atoms with Crippen LogP contribution in [0.5, 0.6) is 5.75 Å². The molecule has 1 atom stereocenters. The minimum atomic E-state index is -4.00. The summed E-state index contributed by atoms with van der Waals surface area (Å²) in [5, 5.41) is 13.7. The Bertz CT molecular complexity index is 1180. The van der Waals surface area contributed by atoms with Crippen molar-refractivity contribution in [3.8, 4) is 5.75 Å². The molecular formula is C22H28N4O7S. The normalized spacial score (nSPS) is 11.9. The highest BCUT2D eigenvalue weighted by Gasteiger charge is 2.31. The Kier molecular flexibility index (Phi) is 8.57. The summed E-state index contributed by atoms with van der Waals surface area (Å²) >= 11 is 0. The first-order valence-corrected chi connectivity index (χ1v) is 12.1. The van der Waals surface area contributed by atoms with Crippen molar-refractivity contribution in [2.45, 2.75) is 26.4 Å². The van der Waals surface area contributed by atoms with E-state index < -0.39 is 39.3 Å². The molecular weight excluding hydrogens is 464 g/mol. The number of carbonyl (C=O) groups excluding carboxylic acids is 2. The van der Waals surface area contributed by atoms with E-state index in [-0.39, 0.29) is 17.9 Å². The van der Waals surface area contributed by atoms with E-state index in [2.05, 4.69) is 5.32 Å². The van der Waals surface area contributed by atoms with Crippen LogP contribution >= 0.6 is 0 Å². The van der Waals surface area contributed by atoms with Crippen molar-refractivity contribution < 1.29 is 27.7 Å². The molecule has 11 nitrogen and oxygen atoms in total. The Morgan fingerprint density at radius 1 is 1.21 bits per heavy atom. The molecule has 0 aliphatic rings. The number of nitro benzene ring substituents is 1. The fourth-order valence-electron chi connectivity index (χ4n) is 3.33. The number of non-ortho nitro benzene ring substituents is 1. The van der Waals surface area contributed by atoms with Crippen molar-refractivity contribution >= 4 is 33.2 Å². The highest BCUT2D eigenvalue weighted by atomic mass is 32.2. The molecule has 184 valence electrons. The number of nitro groups is 1. The van der Waals surface area contributed by atoms with E-state index in [4.69, 9.17) is 4.74 Å². The van der Waals surface area contributed by atoms with E-state index in [0.29, 0.717) is 16.9 Å². The predicted octanol–water partition coefficient (Wildman–Crippen LogP) is 1.84. The zero-order chi connectivity index (χ0) is 25.6. The largest absolute Gasteiger partial charge is 0.497 e. The van der Waals surface area contributed by atoms with Crippen LogP contribution in [0.2, 0.25) is 0 Å². The number of sulfonamides is 1. The first-order chi connectivity index (χ1) is 15.9. The van der Waals surface area contributed by atoms with Crippen molar-refractivity contribution in [1.29, 1.82) is 0 Å². The van der Waals surface area contributed by atoms with Gasteiger partial charge in [-0.25, -0.2) is 8.42 Å². The van der Waals surface area contributed by atoms with Gasteiger partial charge in [-0.05, 0) is 37.1 Å². The molecule has 12 heteroatoms. The van der Waals surface area contributed by atoms with Gasteiger partial charge in [-0.15, -0.1) is 0 Å². The zero-order valence-electron chi connectivity index (χ0n) is 19.6. The Hall–Kier alpha value is -3.67. The molecule has 2 amide bonds. The topological polar surface area (TPSA) is 139 Å². The third-order valence-electron chi connectivity index (χ3n) is 5.25. The Morgan fingerprint density at radius 2 is 1.88 bits per heavy atom. The van der Waals surface area contributed by atoms with E-state index in [1.54, 1.807) is 31.2 Å². The number of rotatable bonds is 10. The van der Waals surface area contributed by atoms with Gasteiger partial charge in [0.05, 0.1) is 24.0 Å². The number of amides is 2. The second-order valence-electron chi connectivity index (χ2n) is 7.66. The van der Waals surface area contributed by atoms with Gasteiger partial charge in [0, 0.05) is 25.7 Å². The Morgan fingerprint density at radius 3 is 2.44 bits per heavy atom. The summed E-state index contributed by atoms with van der Waals surface area (Å²) in [4.78, 5) is 37.6. The lowest BCUT2D eigenvalue weighted by atomic mass is 10.1. The van der Waals surface area contributed by atoms with Gasteiger partial charge >= 0.3 is 0 Å². The van der Waals surface area contributed by atoms with Crippen LogP contribution in [0.3, 0.4) is 0 Å². The van der Waals surface area contributed by atoms with Crippen LogP contribution < -0.4 is 14.4 Å². The number of nitrogens with one attached hydrogen (secondary N) is 1. The summed E-state index contributed by atoms with van der Waals surface area (Å²) in [7, 11) is -1.07. The fourth-order valence-corrected chi connectivity index (χ4v) is 4.23. The van der Waals surface area contributed by atoms with Gasteiger partial charge in [0.15, 0.2) is 0 Å². The van der Waals surface area contributed by atoms with Gasteiger partial charge in [0.25, 0.3) is 5.69 Å². The molecule has 1 N–H and O–H groups in total. The number of ether oxygens (including phenoxy) is 1. The smallest absolute Gasteiger partial charge is 0.271 e. The summed E-state index contributed by atoms with van der Waals surface area (Å²) in [6, 6.07) is 9.77. The average Bonchev–Trinajstić information content (AvgIpc) is 2.79. The molecule has 0 radical (unpaired) electrons. The fraction of sp³-hybridized carbons (Fsp3) is 0.364. The standard InChI is InChI=1S/C22H28N4O7S/c1-15-9-10-18(26(29)30)12-20(15)25(34(5,31)32)14-21(27)24(16(2)22(28)23-3)13-17-7-6-8-19(11-17)33-4/h6-12,16H,13-14H2,1-5H3,(H,23,28). The maximum atomic E-state index is 13.4. The second-order valence-corrected chi connectivity index (χ2v) is 9.57. The lowest BCUT2D eigenvalue weighted by Gasteiger charge is -2.31. The molecule has 0 aliphatic carbocycles. The lowest BCUT2D eigenvalue weighted by molar-refractivity contribution is -0.384. The molecule has 2 aromatic rings. The van der Waals surface area contributed by atoms with E-state index in [1.807, 2.05) is 0 Å². The van der Waals surface area contributed by atoms with Crippen LogP contribution in [0.25, 0.3) is 0 Å². The van der Waals surface area contributed by atoms with Gasteiger partial charge < -0.3 is 15.0 Å². The van der Waals surface area contributed by atoms with Crippen molar-refractivity contribution in [1.82, 2.24) is 10.2 Å². The molecule has 0 fully saturated rings. The Labute approximate surface area is 198 Å². The second kappa shape index (κ2) is 11.0. The summed E-state index contributed by atoms with van der Waals surface area (Å²) in [5.74, 6) is -0.536. The highest BCUT2D eigenvalue weighted by Crippen LogP contribution is 2.28. The molecule has 0 saturated carbocycles. The average molecular weight is 493 g/mol. The van der Waals surface area contributed by atoms with Crippen LogP contribution in [0, 0.1) is 17.0 Å². The number of hydrogen-bond donors (Lipinski definition) is 1. The van der Waals surface area contributed by atoms with E-state index in [9.17, 15) is 28.1 Å². The van der Waals surface area contributed by atoms with Gasteiger partial charge in [-0.3, -0.25) is 24.0 Å². The summed E-state index contributed by atoms with van der Waals surface area (Å²) in [6.45, 7) is 2.48. The molecule has 0 bridgehead atoms. The van der Waals surface area contributed by atoms with Crippen LogP contribution in [0.1, 0.15) is 18.1 Å². The van der Waals surface area contributed by atoms with Crippen LogP contribution in [-0.2, 0) is 26.2 Å². The number of likely N-dealkylation sites (N-methyl/N-ethyl adjacent to an activating group) is 1. The number of carbonyl (C=O) groups is 2. The predicted molar refractivity (Wildman–Crippen MR) is 127 cm³/mol. The first kappa shape index (κ1) is 26.6. The SMILES string of the molecule is CNC(=O)C(C)N(Cc1cccc(OC)c1)C(=O)CN(c1cc([N+](=O)[O-])ccc1C)S(C)(=O)=O. The molecule has 0 spiro atoms. The molecule has 34 heavy (non-hydrogen) atoms. The van der Waals surface area contributed by atoms with Crippen LogP contribution in [-0.4, -0.2) is 63.1 Å². The minimum absolute atomic E-state index is 0.0101. The minimum Gasteiger partial charge on any atom is -0.497 e. The van der Waals surface area contributed by atoms with Crippen molar-refractivity contribution in [3.05, 3.63) is 63.7 Å². The molecule has 0 saturated heterocycles. The molecule has 2 rings (SSSR count). The number of hydrogen-bond acceptors (Lipinski definition) is 7. The number of aryl methyl sites for hydroxylation is 1. The van der Waals surface area contributed by atoms with Gasteiger partial charge in [-0.2, -0.15) is 0 Å². The van der Waals surface area contributed by atoms with Crippen molar-refractivity contribution in [2.75, 3.05) is 31.3 Å². The third-order valence-corrected chi connectivity index (χ3v) is 6.38. The third kappa shape index (κ3) is 6.44. The Balaban J connectivity index is 2.48. The van der Waals surface area contributed by atoms with Gasteiger partial charge in [-0.1, -0.05) is 18.2 Å². The van der Waals surface area contributed by atoms with Gasteiger partial charge in [0.2, 0.25) is 21.8 Å². The molecule has 1 unspecified atom stereocenters. The van der Waals surface area contributed by atoms with E-state index in [0.717, 1.165) is 16.6 Å². The number of anilines is 1. The zero-order valence-corrected chi connectivity index (χ0v) is 20.5. The summed E-state index contributed by atoms with van der Waals surface area (Å²) in [6.07, 6.45) is 0.910. The molecule has 0 heterocycles. The van der Waals surface area contributed by atoms with Crippen molar-refractivity contribution in [3.63, 3.8) is 0 Å². The number of methoxy groups -OCH3 is 1. The molecule has 0 aromatic heterocycles. The lowest BCUT2D eigenvalue weighted by Crippen LogP contribution is -2.50.